The molecule has 4 aliphatic rings. The van der Waals surface area contributed by atoms with Crippen LogP contribution in [-0.4, -0.2) is 0 Å². The van der Waals surface area contributed by atoms with Crippen LogP contribution >= 0.6 is 11.8 Å². The molecule has 0 aromatic rings. The van der Waals surface area contributed by atoms with Gasteiger partial charge in [-0.25, -0.2) is 0 Å². The number of fused-ring (bicyclic) bond motifs is 2. The maximum Gasteiger partial charge on any atom is 0.0201 e. The van der Waals surface area contributed by atoms with Crippen molar-refractivity contribution < 1.29 is 0 Å². The van der Waals surface area contributed by atoms with E-state index in [1.807, 2.05) is 11.8 Å². The van der Waals surface area contributed by atoms with Crippen molar-refractivity contribution in [2.45, 2.75) is 9.79 Å². The van der Waals surface area contributed by atoms with Crippen molar-refractivity contribution in [2.24, 2.45) is 0 Å². The van der Waals surface area contributed by atoms with E-state index in [0.717, 1.165) is 0 Å². The summed E-state index contributed by atoms with van der Waals surface area (Å²) in [6.07, 6.45) is 0. The Morgan fingerprint density at radius 3 is 1.43 bits per heavy atom. The SMILES string of the molecule is c1ccc2ccc(Sc3ccc4cccccc3-4)c-2cc1. The lowest BCUT2D eigenvalue weighted by Crippen LogP contribution is -1.73. The van der Waals surface area contributed by atoms with Gasteiger partial charge in [-0.3, -0.25) is 0 Å². The Bertz CT molecular complexity index is 764. The molecular weight excluding hydrogens is 272 g/mol. The maximum absolute atomic E-state index is 2.22. The third kappa shape index (κ3) is 2.30. The lowest BCUT2D eigenvalue weighted by atomic mass is 10.2. The lowest BCUT2D eigenvalue weighted by Gasteiger charge is -2.03. The Kier molecular flexibility index (Phi) is 3.13. The maximum atomic E-state index is 2.22. The van der Waals surface area contributed by atoms with Crippen LogP contribution in [0.2, 0.25) is 0 Å². The van der Waals surface area contributed by atoms with Gasteiger partial charge in [-0.1, -0.05) is 84.6 Å². The van der Waals surface area contributed by atoms with Gasteiger partial charge in [-0.2, -0.15) is 0 Å². The van der Waals surface area contributed by atoms with Gasteiger partial charge in [0.2, 0.25) is 0 Å². The quantitative estimate of drug-likeness (QED) is 0.432. The average molecular weight is 286 g/mol. The largest absolute Gasteiger partial charge is 0.0888 e. The Hall–Kier alpha value is -2.25. The molecule has 4 rings (SSSR count). The van der Waals surface area contributed by atoms with Crippen LogP contribution in [0.5, 0.6) is 0 Å². The van der Waals surface area contributed by atoms with Gasteiger partial charge < -0.3 is 0 Å². The highest BCUT2D eigenvalue weighted by molar-refractivity contribution is 7.99. The van der Waals surface area contributed by atoms with E-state index in [2.05, 4.69) is 84.9 Å². The van der Waals surface area contributed by atoms with Gasteiger partial charge in [-0.05, 0) is 34.4 Å². The van der Waals surface area contributed by atoms with Crippen LogP contribution in [0.15, 0.2) is 94.7 Å². The first-order valence-corrected chi connectivity index (χ1v) is 7.87. The molecule has 0 bridgehead atoms. The van der Waals surface area contributed by atoms with E-state index in [1.165, 1.54) is 32.0 Å². The zero-order valence-electron chi connectivity index (χ0n) is 11.5. The first-order valence-electron chi connectivity index (χ1n) is 7.05. The van der Waals surface area contributed by atoms with E-state index in [-0.39, 0.29) is 0 Å². The highest BCUT2D eigenvalue weighted by Crippen LogP contribution is 2.43. The van der Waals surface area contributed by atoms with E-state index < -0.39 is 0 Å². The lowest BCUT2D eigenvalue weighted by molar-refractivity contribution is 1.50. The molecule has 1 heteroatoms. The highest BCUT2D eigenvalue weighted by Gasteiger charge is 2.13. The Labute approximate surface area is 129 Å². The molecule has 100 valence electrons. The molecule has 0 saturated carbocycles. The summed E-state index contributed by atoms with van der Waals surface area (Å²) in [4.78, 5) is 2.64. The van der Waals surface area contributed by atoms with Crippen LogP contribution in [0, 0.1) is 0 Å². The molecule has 0 amide bonds. The first-order chi connectivity index (χ1) is 10.4. The molecule has 0 saturated heterocycles. The van der Waals surface area contributed by atoms with E-state index >= 15 is 0 Å². The fourth-order valence-electron chi connectivity index (χ4n) is 2.67. The number of hydrogen-bond donors (Lipinski definition) is 0. The van der Waals surface area contributed by atoms with E-state index in [4.69, 9.17) is 0 Å². The molecule has 0 aromatic carbocycles. The Balaban J connectivity index is 1.76. The van der Waals surface area contributed by atoms with Gasteiger partial charge in [0.25, 0.3) is 0 Å². The summed E-state index contributed by atoms with van der Waals surface area (Å²) in [6, 6.07) is 30.1. The van der Waals surface area contributed by atoms with Gasteiger partial charge >= 0.3 is 0 Å². The van der Waals surface area contributed by atoms with E-state index in [9.17, 15) is 0 Å². The van der Waals surface area contributed by atoms with Crippen LogP contribution in [0.4, 0.5) is 0 Å². The predicted molar refractivity (Wildman–Crippen MR) is 90.3 cm³/mol. The summed E-state index contributed by atoms with van der Waals surface area (Å²) < 4.78 is 0. The van der Waals surface area contributed by atoms with Crippen molar-refractivity contribution >= 4 is 11.8 Å². The van der Waals surface area contributed by atoms with Crippen LogP contribution in [0.3, 0.4) is 0 Å². The van der Waals surface area contributed by atoms with Crippen LogP contribution < -0.4 is 0 Å². The molecule has 0 N–H and O–H groups in total. The molecule has 0 aliphatic heterocycles. The second-order valence-electron chi connectivity index (χ2n) is 5.06. The van der Waals surface area contributed by atoms with Crippen molar-refractivity contribution in [3.05, 3.63) is 84.9 Å². The van der Waals surface area contributed by atoms with Crippen molar-refractivity contribution in [3.8, 4) is 22.3 Å². The fourth-order valence-corrected chi connectivity index (χ4v) is 3.77. The van der Waals surface area contributed by atoms with E-state index in [1.54, 1.807) is 0 Å². The van der Waals surface area contributed by atoms with Crippen molar-refractivity contribution in [1.82, 2.24) is 0 Å². The summed E-state index contributed by atoms with van der Waals surface area (Å²) in [7, 11) is 0. The third-order valence-corrected chi connectivity index (χ3v) is 4.87. The van der Waals surface area contributed by atoms with Crippen molar-refractivity contribution in [2.75, 3.05) is 0 Å². The number of hydrogen-bond acceptors (Lipinski definition) is 1. The Morgan fingerprint density at radius 1 is 0.429 bits per heavy atom. The van der Waals surface area contributed by atoms with Gasteiger partial charge in [0, 0.05) is 9.79 Å². The Morgan fingerprint density at radius 2 is 0.905 bits per heavy atom. The molecule has 0 fully saturated rings. The molecule has 0 atom stereocenters. The van der Waals surface area contributed by atoms with Crippen LogP contribution in [0.1, 0.15) is 0 Å². The molecule has 21 heavy (non-hydrogen) atoms. The summed E-state index contributed by atoms with van der Waals surface area (Å²) in [5, 5.41) is 0. The molecule has 0 radical (unpaired) electrons. The topological polar surface area (TPSA) is 0 Å². The van der Waals surface area contributed by atoms with Crippen LogP contribution in [-0.2, 0) is 0 Å². The molecule has 0 heterocycles. The standard InChI is InChI=1S/C20H14S/c1-3-7-15-11-13-19(17(15)9-5-1)21-20-14-12-16-8-4-2-6-10-18(16)20/h1-14H. The average Bonchev–Trinajstić information content (AvgIpc) is 2.85. The summed E-state index contributed by atoms with van der Waals surface area (Å²) in [5.41, 5.74) is 5.23. The van der Waals surface area contributed by atoms with Gasteiger partial charge in [0.1, 0.15) is 0 Å². The first kappa shape index (κ1) is 12.5. The van der Waals surface area contributed by atoms with Crippen LogP contribution in [0.25, 0.3) is 22.3 Å². The number of rotatable bonds is 2. The van der Waals surface area contributed by atoms with Crippen molar-refractivity contribution in [3.63, 3.8) is 0 Å². The zero-order valence-corrected chi connectivity index (χ0v) is 12.3. The summed E-state index contributed by atoms with van der Waals surface area (Å²) in [5.74, 6) is 0. The molecular formula is C20H14S. The fraction of sp³-hybridized carbons (Fsp3) is 0. The smallest absolute Gasteiger partial charge is 0.0201 e. The third-order valence-electron chi connectivity index (χ3n) is 3.72. The van der Waals surface area contributed by atoms with Gasteiger partial charge in [0.15, 0.2) is 0 Å². The second-order valence-corrected chi connectivity index (χ2v) is 6.14. The minimum Gasteiger partial charge on any atom is -0.0888 e. The molecule has 0 spiro atoms. The normalized spacial score (nSPS) is 11.0. The van der Waals surface area contributed by atoms with Crippen molar-refractivity contribution in [1.29, 1.82) is 0 Å². The summed E-state index contributed by atoms with van der Waals surface area (Å²) in [6.45, 7) is 0. The zero-order chi connectivity index (χ0) is 14.1. The van der Waals surface area contributed by atoms with E-state index in [0.29, 0.717) is 0 Å². The predicted octanol–water partition coefficient (Wildman–Crippen LogP) is 6.05. The molecule has 0 unspecified atom stereocenters. The minimum atomic E-state index is 1.30. The highest BCUT2D eigenvalue weighted by atomic mass is 32.2. The second kappa shape index (κ2) is 5.27. The monoisotopic (exact) mass is 286 g/mol. The minimum absolute atomic E-state index is 1.30. The molecule has 0 aromatic heterocycles. The van der Waals surface area contributed by atoms with Gasteiger partial charge in [0.05, 0.1) is 0 Å². The molecule has 0 nitrogen and oxygen atoms in total. The van der Waals surface area contributed by atoms with Gasteiger partial charge in [-0.15, -0.1) is 0 Å². The molecule has 4 aliphatic carbocycles. The summed E-state index contributed by atoms with van der Waals surface area (Å²) >= 11 is 1.85.